The van der Waals surface area contributed by atoms with E-state index in [1.54, 1.807) is 0 Å². The van der Waals surface area contributed by atoms with Crippen LogP contribution in [-0.2, 0) is 16.1 Å². The van der Waals surface area contributed by atoms with Crippen molar-refractivity contribution in [2.45, 2.75) is 45.3 Å². The van der Waals surface area contributed by atoms with Gasteiger partial charge in [-0.25, -0.2) is 0 Å². The van der Waals surface area contributed by atoms with Gasteiger partial charge in [-0.1, -0.05) is 19.4 Å². The maximum atomic E-state index is 12.6. The second-order valence-electron chi connectivity index (χ2n) is 5.80. The van der Waals surface area contributed by atoms with Gasteiger partial charge >= 0.3 is 0 Å². The maximum Gasteiger partial charge on any atom is 0.251 e. The molecule has 1 amide bonds. The predicted molar refractivity (Wildman–Crippen MR) is 81.9 cm³/mol. The van der Waals surface area contributed by atoms with E-state index in [2.05, 4.69) is 6.92 Å². The van der Waals surface area contributed by atoms with E-state index < -0.39 is 0 Å². The molecule has 1 saturated heterocycles. The van der Waals surface area contributed by atoms with Crippen LogP contribution >= 0.6 is 0 Å². The summed E-state index contributed by atoms with van der Waals surface area (Å²) in [6.45, 7) is 4.46. The second-order valence-corrected chi connectivity index (χ2v) is 5.80. The quantitative estimate of drug-likeness (QED) is 0.811. The predicted octanol–water partition coefficient (Wildman–Crippen LogP) is 2.72. The van der Waals surface area contributed by atoms with Crippen LogP contribution < -0.4 is 9.47 Å². The van der Waals surface area contributed by atoms with Gasteiger partial charge in [-0.3, -0.25) is 4.79 Å². The normalized spacial score (nSPS) is 19.4. The Bertz CT molecular complexity index is 525. The first-order valence-electron chi connectivity index (χ1n) is 8.07. The topological polar surface area (TPSA) is 48.0 Å². The van der Waals surface area contributed by atoms with Crippen LogP contribution in [0.3, 0.4) is 0 Å². The SMILES string of the molecule is CCCCN(Cc1ccc2c(c1)OCO2)C(=O)[C@H]1CCCO1. The summed E-state index contributed by atoms with van der Waals surface area (Å²) in [5.41, 5.74) is 1.06. The molecule has 1 atom stereocenters. The van der Waals surface area contributed by atoms with E-state index in [0.29, 0.717) is 13.2 Å². The molecule has 1 fully saturated rings. The highest BCUT2D eigenvalue weighted by atomic mass is 16.7. The number of nitrogens with zero attached hydrogens (tertiary/aromatic N) is 1. The van der Waals surface area contributed by atoms with Crippen LogP contribution in [0.4, 0.5) is 0 Å². The zero-order chi connectivity index (χ0) is 15.4. The highest BCUT2D eigenvalue weighted by Crippen LogP contribution is 2.33. The minimum absolute atomic E-state index is 0.114. The Morgan fingerprint density at radius 2 is 2.18 bits per heavy atom. The van der Waals surface area contributed by atoms with Crippen LogP contribution in [0.15, 0.2) is 18.2 Å². The average molecular weight is 305 g/mol. The maximum absolute atomic E-state index is 12.6. The number of fused-ring (bicyclic) bond motifs is 1. The third kappa shape index (κ3) is 3.35. The van der Waals surface area contributed by atoms with Crippen molar-refractivity contribution in [2.24, 2.45) is 0 Å². The molecule has 0 radical (unpaired) electrons. The van der Waals surface area contributed by atoms with Crippen molar-refractivity contribution in [1.29, 1.82) is 0 Å². The van der Waals surface area contributed by atoms with Gasteiger partial charge in [-0.2, -0.15) is 0 Å². The minimum Gasteiger partial charge on any atom is -0.454 e. The van der Waals surface area contributed by atoms with E-state index >= 15 is 0 Å². The van der Waals surface area contributed by atoms with E-state index in [1.807, 2.05) is 23.1 Å². The third-order valence-electron chi connectivity index (χ3n) is 4.11. The van der Waals surface area contributed by atoms with Gasteiger partial charge in [0, 0.05) is 19.7 Å². The number of rotatable bonds is 6. The first kappa shape index (κ1) is 15.2. The van der Waals surface area contributed by atoms with Crippen LogP contribution in [0, 0.1) is 0 Å². The number of ether oxygens (including phenoxy) is 3. The molecule has 3 rings (SSSR count). The van der Waals surface area contributed by atoms with Crippen molar-refractivity contribution in [3.63, 3.8) is 0 Å². The minimum atomic E-state index is -0.258. The molecule has 0 N–H and O–H groups in total. The molecule has 0 saturated carbocycles. The highest BCUT2D eigenvalue weighted by Gasteiger charge is 2.28. The summed E-state index contributed by atoms with van der Waals surface area (Å²) in [4.78, 5) is 14.5. The molecular weight excluding hydrogens is 282 g/mol. The molecule has 5 heteroatoms. The van der Waals surface area contributed by atoms with E-state index in [0.717, 1.165) is 49.3 Å². The lowest BCUT2D eigenvalue weighted by atomic mass is 10.1. The van der Waals surface area contributed by atoms with Gasteiger partial charge in [-0.15, -0.1) is 0 Å². The zero-order valence-electron chi connectivity index (χ0n) is 13.0. The molecule has 1 aromatic carbocycles. The Kier molecular flexibility index (Phi) is 4.83. The molecule has 2 aliphatic heterocycles. The van der Waals surface area contributed by atoms with E-state index in [1.165, 1.54) is 0 Å². The first-order valence-corrected chi connectivity index (χ1v) is 8.07. The molecule has 0 aliphatic carbocycles. The van der Waals surface area contributed by atoms with Crippen molar-refractivity contribution in [3.05, 3.63) is 23.8 Å². The number of carbonyl (C=O) groups excluding carboxylic acids is 1. The fourth-order valence-corrected chi connectivity index (χ4v) is 2.85. The molecule has 2 heterocycles. The number of carbonyl (C=O) groups is 1. The standard InChI is InChI=1S/C17H23NO4/c1-2-3-8-18(17(19)15-5-4-9-20-15)11-13-6-7-14-16(10-13)22-12-21-14/h6-7,10,15H,2-5,8-9,11-12H2,1H3/t15-/m1/s1. The number of hydrogen-bond donors (Lipinski definition) is 0. The number of hydrogen-bond acceptors (Lipinski definition) is 4. The average Bonchev–Trinajstić information content (AvgIpc) is 3.21. The molecule has 2 aliphatic rings. The largest absolute Gasteiger partial charge is 0.454 e. The van der Waals surface area contributed by atoms with E-state index in [-0.39, 0.29) is 18.8 Å². The summed E-state index contributed by atoms with van der Waals surface area (Å²) >= 11 is 0. The number of amides is 1. The van der Waals surface area contributed by atoms with Crippen molar-refractivity contribution in [3.8, 4) is 11.5 Å². The monoisotopic (exact) mass is 305 g/mol. The first-order chi connectivity index (χ1) is 10.8. The zero-order valence-corrected chi connectivity index (χ0v) is 13.0. The van der Waals surface area contributed by atoms with Gasteiger partial charge in [0.05, 0.1) is 0 Å². The van der Waals surface area contributed by atoms with Gasteiger partial charge in [0.25, 0.3) is 5.91 Å². The third-order valence-corrected chi connectivity index (χ3v) is 4.11. The summed E-state index contributed by atoms with van der Waals surface area (Å²) < 4.78 is 16.3. The van der Waals surface area contributed by atoms with Gasteiger partial charge in [-0.05, 0) is 37.0 Å². The molecular formula is C17H23NO4. The van der Waals surface area contributed by atoms with Gasteiger partial charge in [0.15, 0.2) is 11.5 Å². The van der Waals surface area contributed by atoms with Crippen LogP contribution in [0.2, 0.25) is 0 Å². The van der Waals surface area contributed by atoms with Crippen molar-refractivity contribution < 1.29 is 19.0 Å². The fourth-order valence-electron chi connectivity index (χ4n) is 2.85. The Morgan fingerprint density at radius 1 is 1.32 bits per heavy atom. The van der Waals surface area contributed by atoms with Gasteiger partial charge in [0.1, 0.15) is 6.10 Å². The summed E-state index contributed by atoms with van der Waals surface area (Å²) in [6, 6.07) is 5.87. The lowest BCUT2D eigenvalue weighted by Gasteiger charge is -2.25. The smallest absolute Gasteiger partial charge is 0.251 e. The lowest BCUT2D eigenvalue weighted by Crippen LogP contribution is -2.39. The molecule has 0 unspecified atom stereocenters. The van der Waals surface area contributed by atoms with E-state index in [4.69, 9.17) is 14.2 Å². The summed E-state index contributed by atoms with van der Waals surface area (Å²) in [6.07, 6.45) is 3.62. The van der Waals surface area contributed by atoms with Crippen LogP contribution in [0.1, 0.15) is 38.2 Å². The van der Waals surface area contributed by atoms with Crippen molar-refractivity contribution in [1.82, 2.24) is 4.90 Å². The summed E-state index contributed by atoms with van der Waals surface area (Å²) in [5.74, 6) is 1.65. The lowest BCUT2D eigenvalue weighted by molar-refractivity contribution is -0.141. The second kappa shape index (κ2) is 7.01. The molecule has 0 spiro atoms. The van der Waals surface area contributed by atoms with Crippen LogP contribution in [0.5, 0.6) is 11.5 Å². The van der Waals surface area contributed by atoms with Crippen LogP contribution in [0.25, 0.3) is 0 Å². The van der Waals surface area contributed by atoms with Crippen molar-refractivity contribution >= 4 is 5.91 Å². The summed E-state index contributed by atoms with van der Waals surface area (Å²) in [7, 11) is 0. The molecule has 22 heavy (non-hydrogen) atoms. The number of benzene rings is 1. The van der Waals surface area contributed by atoms with Crippen LogP contribution in [-0.4, -0.2) is 36.9 Å². The summed E-state index contributed by atoms with van der Waals surface area (Å²) in [5, 5.41) is 0. The Morgan fingerprint density at radius 3 is 2.95 bits per heavy atom. The Hall–Kier alpha value is -1.75. The van der Waals surface area contributed by atoms with Crippen molar-refractivity contribution in [2.75, 3.05) is 19.9 Å². The van der Waals surface area contributed by atoms with Gasteiger partial charge in [0.2, 0.25) is 6.79 Å². The molecule has 120 valence electrons. The fraction of sp³-hybridized carbons (Fsp3) is 0.588. The molecule has 0 bridgehead atoms. The highest BCUT2D eigenvalue weighted by molar-refractivity contribution is 5.81. The molecule has 1 aromatic rings. The molecule has 0 aromatic heterocycles. The van der Waals surface area contributed by atoms with E-state index in [9.17, 15) is 4.79 Å². The Labute approximate surface area is 131 Å². The number of unbranched alkanes of at least 4 members (excludes halogenated alkanes) is 1. The van der Waals surface area contributed by atoms with Gasteiger partial charge < -0.3 is 19.1 Å². The Balaban J connectivity index is 1.70. The molecule has 5 nitrogen and oxygen atoms in total.